The minimum absolute atomic E-state index is 0.0428. The first-order valence-corrected chi connectivity index (χ1v) is 8.81. The van der Waals surface area contributed by atoms with Crippen LogP contribution in [0.2, 0.25) is 5.02 Å². The summed E-state index contributed by atoms with van der Waals surface area (Å²) in [6.07, 6.45) is 0.359. The van der Waals surface area contributed by atoms with Gasteiger partial charge in [-0.05, 0) is 36.1 Å². The molecule has 3 aromatic rings. The summed E-state index contributed by atoms with van der Waals surface area (Å²) < 4.78 is 5.40. The zero-order valence-electron chi connectivity index (χ0n) is 12.9. The fraction of sp³-hybridized carbons (Fsp3) is 0.235. The summed E-state index contributed by atoms with van der Waals surface area (Å²) in [5.41, 5.74) is 1.85. The van der Waals surface area contributed by atoms with Crippen molar-refractivity contribution in [2.75, 3.05) is 11.4 Å². The van der Waals surface area contributed by atoms with Crippen LogP contribution < -0.4 is 4.90 Å². The fourth-order valence-electron chi connectivity index (χ4n) is 2.89. The lowest BCUT2D eigenvalue weighted by Crippen LogP contribution is -2.25. The van der Waals surface area contributed by atoms with Gasteiger partial charge in [0.1, 0.15) is 0 Å². The van der Waals surface area contributed by atoms with Gasteiger partial charge in [0.25, 0.3) is 0 Å². The van der Waals surface area contributed by atoms with Crippen molar-refractivity contribution in [1.29, 1.82) is 0 Å². The first-order valence-electron chi connectivity index (χ1n) is 7.56. The van der Waals surface area contributed by atoms with Gasteiger partial charge in [0, 0.05) is 23.7 Å². The van der Waals surface area contributed by atoms with Crippen molar-refractivity contribution in [2.24, 2.45) is 0 Å². The molecule has 1 amide bonds. The molecule has 4 rings (SSSR count). The molecule has 0 saturated carbocycles. The van der Waals surface area contributed by atoms with Crippen LogP contribution in [-0.4, -0.2) is 22.6 Å². The predicted molar refractivity (Wildman–Crippen MR) is 93.5 cm³/mol. The van der Waals surface area contributed by atoms with Gasteiger partial charge in [-0.3, -0.25) is 4.79 Å². The van der Waals surface area contributed by atoms with Gasteiger partial charge in [0.15, 0.2) is 0 Å². The number of hydrogen-bond donors (Lipinski definition) is 0. The van der Waals surface area contributed by atoms with Gasteiger partial charge in [0.05, 0.1) is 10.8 Å². The molecule has 1 aromatic carbocycles. The van der Waals surface area contributed by atoms with Crippen molar-refractivity contribution < 1.29 is 9.32 Å². The number of carbonyl (C=O) groups is 1. The third kappa shape index (κ3) is 2.72. The molecule has 3 heterocycles. The number of nitrogens with zero attached hydrogens (tertiary/aromatic N) is 3. The molecule has 7 heteroatoms. The molecule has 5 nitrogen and oxygen atoms in total. The summed E-state index contributed by atoms with van der Waals surface area (Å²) >= 11 is 7.64. The molecule has 122 valence electrons. The van der Waals surface area contributed by atoms with E-state index in [0.29, 0.717) is 29.7 Å². The number of aromatic nitrogens is 2. The van der Waals surface area contributed by atoms with Crippen molar-refractivity contribution in [2.45, 2.75) is 19.3 Å². The Morgan fingerprint density at radius 3 is 3.04 bits per heavy atom. The summed E-state index contributed by atoms with van der Waals surface area (Å²) in [7, 11) is 0. The maximum Gasteiger partial charge on any atom is 0.232 e. The van der Waals surface area contributed by atoms with Gasteiger partial charge in [0.2, 0.25) is 17.6 Å². The number of thiophene rings is 1. The molecular formula is C17H14ClN3O2S. The Labute approximate surface area is 147 Å². The maximum atomic E-state index is 12.5. The molecule has 24 heavy (non-hydrogen) atoms. The lowest BCUT2D eigenvalue weighted by Gasteiger charge is -2.18. The first-order chi connectivity index (χ1) is 11.6. The topological polar surface area (TPSA) is 59.2 Å². The maximum absolute atomic E-state index is 12.5. The minimum Gasteiger partial charge on any atom is -0.339 e. The second-order valence-electron chi connectivity index (χ2n) is 5.77. The molecule has 0 radical (unpaired) electrons. The highest BCUT2D eigenvalue weighted by Crippen LogP contribution is 2.34. The minimum atomic E-state index is -0.0999. The number of halogens is 1. The second kappa shape index (κ2) is 6.03. The monoisotopic (exact) mass is 359 g/mol. The number of rotatable bonds is 3. The molecule has 1 atom stereocenters. The van der Waals surface area contributed by atoms with E-state index >= 15 is 0 Å². The van der Waals surface area contributed by atoms with Gasteiger partial charge in [-0.25, -0.2) is 0 Å². The Balaban J connectivity index is 1.59. The third-order valence-corrected chi connectivity index (χ3v) is 5.22. The van der Waals surface area contributed by atoms with Gasteiger partial charge in [-0.2, -0.15) is 4.98 Å². The highest BCUT2D eigenvalue weighted by Gasteiger charge is 2.35. The molecule has 1 saturated heterocycles. The average Bonchev–Trinajstić information content (AvgIpc) is 3.28. The molecule has 0 aliphatic carbocycles. The average molecular weight is 360 g/mol. The van der Waals surface area contributed by atoms with Crippen LogP contribution in [0.25, 0.3) is 10.7 Å². The Bertz CT molecular complexity index is 891. The van der Waals surface area contributed by atoms with Gasteiger partial charge < -0.3 is 9.42 Å². The van der Waals surface area contributed by atoms with E-state index in [4.69, 9.17) is 16.1 Å². The van der Waals surface area contributed by atoms with E-state index in [1.807, 2.05) is 42.6 Å². The first kappa shape index (κ1) is 15.4. The van der Waals surface area contributed by atoms with Crippen molar-refractivity contribution in [3.05, 3.63) is 52.2 Å². The number of aryl methyl sites for hydroxylation is 1. The third-order valence-electron chi connectivity index (χ3n) is 4.12. The molecule has 0 bridgehead atoms. The largest absolute Gasteiger partial charge is 0.339 e. The number of anilines is 1. The van der Waals surface area contributed by atoms with Crippen LogP contribution in [0.15, 0.2) is 40.2 Å². The number of hydrogen-bond acceptors (Lipinski definition) is 5. The summed E-state index contributed by atoms with van der Waals surface area (Å²) in [4.78, 5) is 19.6. The lowest BCUT2D eigenvalue weighted by molar-refractivity contribution is -0.117. The van der Waals surface area contributed by atoms with Crippen molar-refractivity contribution in [1.82, 2.24) is 10.1 Å². The van der Waals surface area contributed by atoms with E-state index in [0.717, 1.165) is 16.1 Å². The zero-order chi connectivity index (χ0) is 16.7. The number of benzene rings is 1. The summed E-state index contributed by atoms with van der Waals surface area (Å²) in [6.45, 7) is 2.49. The molecular weight excluding hydrogens is 346 g/mol. The Morgan fingerprint density at radius 2 is 2.25 bits per heavy atom. The normalized spacial score (nSPS) is 17.7. The van der Waals surface area contributed by atoms with E-state index in [-0.39, 0.29) is 11.8 Å². The van der Waals surface area contributed by atoms with Gasteiger partial charge in [-0.15, -0.1) is 11.3 Å². The Kier molecular flexibility index (Phi) is 3.86. The van der Waals surface area contributed by atoms with Crippen molar-refractivity contribution >= 4 is 34.5 Å². The Hall–Kier alpha value is -2.18. The van der Waals surface area contributed by atoms with Gasteiger partial charge >= 0.3 is 0 Å². The SMILES string of the molecule is Cc1ccc(Cl)cc1N1CC(c2nc(-c3cccs3)no2)CC1=O. The zero-order valence-corrected chi connectivity index (χ0v) is 14.5. The highest BCUT2D eigenvalue weighted by atomic mass is 35.5. The number of amides is 1. The van der Waals surface area contributed by atoms with E-state index in [1.54, 1.807) is 16.2 Å². The Morgan fingerprint density at radius 1 is 1.38 bits per heavy atom. The summed E-state index contributed by atoms with van der Waals surface area (Å²) in [5, 5.41) is 6.61. The molecule has 1 aliphatic rings. The lowest BCUT2D eigenvalue weighted by atomic mass is 10.1. The van der Waals surface area contributed by atoms with Gasteiger partial charge in [-0.1, -0.05) is 28.9 Å². The van der Waals surface area contributed by atoms with E-state index in [2.05, 4.69) is 10.1 Å². The van der Waals surface area contributed by atoms with Crippen LogP contribution in [0.5, 0.6) is 0 Å². The van der Waals surface area contributed by atoms with Crippen molar-refractivity contribution in [3.8, 4) is 10.7 Å². The second-order valence-corrected chi connectivity index (χ2v) is 7.15. The van der Waals surface area contributed by atoms with Crippen LogP contribution in [-0.2, 0) is 4.79 Å². The fourth-order valence-corrected chi connectivity index (χ4v) is 3.70. The molecule has 1 unspecified atom stereocenters. The molecule has 2 aromatic heterocycles. The molecule has 1 aliphatic heterocycles. The van der Waals surface area contributed by atoms with Crippen molar-refractivity contribution in [3.63, 3.8) is 0 Å². The molecule has 0 spiro atoms. The summed E-state index contributed by atoms with van der Waals surface area (Å²) in [5.74, 6) is 1.03. The van der Waals surface area contributed by atoms with Crippen LogP contribution in [0.4, 0.5) is 5.69 Å². The van der Waals surface area contributed by atoms with Crippen LogP contribution in [0, 0.1) is 6.92 Å². The smallest absolute Gasteiger partial charge is 0.232 e. The standard InChI is InChI=1S/C17H14ClN3O2S/c1-10-4-5-12(18)8-13(10)21-9-11(7-15(21)22)17-19-16(20-23-17)14-3-2-6-24-14/h2-6,8,11H,7,9H2,1H3. The highest BCUT2D eigenvalue weighted by molar-refractivity contribution is 7.13. The van der Waals surface area contributed by atoms with E-state index in [1.165, 1.54) is 0 Å². The van der Waals surface area contributed by atoms with E-state index < -0.39 is 0 Å². The van der Waals surface area contributed by atoms with Crippen LogP contribution in [0.3, 0.4) is 0 Å². The summed E-state index contributed by atoms with van der Waals surface area (Å²) in [6, 6.07) is 9.45. The van der Waals surface area contributed by atoms with E-state index in [9.17, 15) is 4.79 Å². The number of carbonyl (C=O) groups excluding carboxylic acids is 1. The molecule has 0 N–H and O–H groups in total. The molecule has 1 fully saturated rings. The predicted octanol–water partition coefficient (Wildman–Crippen LogP) is 4.28. The quantitative estimate of drug-likeness (QED) is 0.700. The van der Waals surface area contributed by atoms with Crippen LogP contribution >= 0.6 is 22.9 Å². The van der Waals surface area contributed by atoms with Crippen LogP contribution in [0.1, 0.15) is 23.8 Å².